The lowest BCUT2D eigenvalue weighted by molar-refractivity contribution is 0.232. The summed E-state index contributed by atoms with van der Waals surface area (Å²) in [4.78, 5) is 0. The van der Waals surface area contributed by atoms with Crippen LogP contribution in [0.2, 0.25) is 0 Å². The largest absolute Gasteiger partial charge is 0.381 e. The van der Waals surface area contributed by atoms with Gasteiger partial charge in [0, 0.05) is 6.04 Å². The van der Waals surface area contributed by atoms with Crippen LogP contribution in [0.25, 0.3) is 0 Å². The molecule has 18 heavy (non-hydrogen) atoms. The molecular formula is C16H22N2. The molecule has 1 aliphatic rings. The molecule has 0 aromatic heterocycles. The number of anilines is 1. The van der Waals surface area contributed by atoms with Crippen molar-refractivity contribution in [1.29, 1.82) is 5.26 Å². The lowest BCUT2D eigenvalue weighted by Gasteiger charge is -2.35. The summed E-state index contributed by atoms with van der Waals surface area (Å²) in [5.41, 5.74) is 3.45. The Labute approximate surface area is 110 Å². The van der Waals surface area contributed by atoms with E-state index in [2.05, 4.69) is 38.2 Å². The molecular weight excluding hydrogens is 220 g/mol. The molecule has 0 unspecified atom stereocenters. The van der Waals surface area contributed by atoms with Crippen molar-refractivity contribution < 1.29 is 0 Å². The van der Waals surface area contributed by atoms with Gasteiger partial charge in [-0.25, -0.2) is 0 Å². The molecule has 0 aliphatic heterocycles. The maximum absolute atomic E-state index is 9.17. The first kappa shape index (κ1) is 13.0. The third-order valence-electron chi connectivity index (χ3n) is 4.08. The van der Waals surface area contributed by atoms with Crippen LogP contribution in [0, 0.1) is 23.7 Å². The summed E-state index contributed by atoms with van der Waals surface area (Å²) in [6.45, 7) is 6.76. The first-order valence-electron chi connectivity index (χ1n) is 6.78. The zero-order chi connectivity index (χ0) is 13.2. The third kappa shape index (κ3) is 2.85. The molecule has 0 bridgehead atoms. The average Bonchev–Trinajstić information content (AvgIpc) is 2.34. The minimum Gasteiger partial charge on any atom is -0.381 e. The molecule has 0 atom stereocenters. The van der Waals surface area contributed by atoms with Gasteiger partial charge in [-0.2, -0.15) is 5.26 Å². The van der Waals surface area contributed by atoms with Crippen LogP contribution in [0.5, 0.6) is 0 Å². The monoisotopic (exact) mass is 242 g/mol. The van der Waals surface area contributed by atoms with Crippen LogP contribution in [-0.2, 0) is 0 Å². The summed E-state index contributed by atoms with van der Waals surface area (Å²) >= 11 is 0. The van der Waals surface area contributed by atoms with Crippen molar-refractivity contribution in [3.05, 3.63) is 29.3 Å². The van der Waals surface area contributed by atoms with E-state index < -0.39 is 0 Å². The summed E-state index contributed by atoms with van der Waals surface area (Å²) in [5, 5.41) is 12.7. The lowest BCUT2D eigenvalue weighted by Crippen LogP contribution is -2.30. The fourth-order valence-electron chi connectivity index (χ4n) is 2.70. The molecule has 1 aliphatic carbocycles. The SMILES string of the molecule is Cc1cccc(C#N)c1NC1CCC(C)(C)CC1. The number of nitrogens with zero attached hydrogens (tertiary/aromatic N) is 1. The van der Waals surface area contributed by atoms with Crippen LogP contribution in [0.15, 0.2) is 18.2 Å². The molecule has 2 heteroatoms. The minimum atomic E-state index is 0.488. The molecule has 2 nitrogen and oxygen atoms in total. The number of hydrogen-bond donors (Lipinski definition) is 1. The molecule has 0 radical (unpaired) electrons. The normalized spacial score (nSPS) is 19.2. The Morgan fingerprint density at radius 1 is 1.28 bits per heavy atom. The minimum absolute atomic E-state index is 0.488. The number of nitrogens with one attached hydrogen (secondary N) is 1. The maximum atomic E-state index is 9.17. The first-order valence-corrected chi connectivity index (χ1v) is 6.78. The van der Waals surface area contributed by atoms with E-state index in [0.717, 1.165) is 11.3 Å². The smallest absolute Gasteiger partial charge is 0.101 e. The van der Waals surface area contributed by atoms with Crippen molar-refractivity contribution in [2.24, 2.45) is 5.41 Å². The van der Waals surface area contributed by atoms with Crippen molar-refractivity contribution in [3.8, 4) is 6.07 Å². The molecule has 0 saturated heterocycles. The molecule has 2 rings (SSSR count). The van der Waals surface area contributed by atoms with Gasteiger partial charge in [-0.3, -0.25) is 0 Å². The van der Waals surface area contributed by atoms with E-state index in [4.69, 9.17) is 5.26 Å². The number of para-hydroxylation sites is 1. The van der Waals surface area contributed by atoms with Crippen LogP contribution in [0.3, 0.4) is 0 Å². The van der Waals surface area contributed by atoms with Gasteiger partial charge in [0.2, 0.25) is 0 Å². The number of rotatable bonds is 2. The standard InChI is InChI=1S/C16H22N2/c1-12-5-4-6-13(11-17)15(12)18-14-7-9-16(2,3)10-8-14/h4-6,14,18H,7-10H2,1-3H3. The second-order valence-corrected chi connectivity index (χ2v) is 6.19. The highest BCUT2D eigenvalue weighted by Gasteiger charge is 2.27. The summed E-state index contributed by atoms with van der Waals surface area (Å²) in [6, 6.07) is 8.70. The van der Waals surface area contributed by atoms with Crippen molar-refractivity contribution in [3.63, 3.8) is 0 Å². The molecule has 1 aromatic rings. The van der Waals surface area contributed by atoms with Gasteiger partial charge >= 0.3 is 0 Å². The van der Waals surface area contributed by atoms with Crippen LogP contribution in [0.1, 0.15) is 50.7 Å². The average molecular weight is 242 g/mol. The predicted octanol–water partition coefficient (Wildman–Crippen LogP) is 4.25. The fourth-order valence-corrected chi connectivity index (χ4v) is 2.70. The Kier molecular flexibility index (Phi) is 3.61. The molecule has 1 saturated carbocycles. The zero-order valence-corrected chi connectivity index (χ0v) is 11.6. The Hall–Kier alpha value is -1.49. The van der Waals surface area contributed by atoms with Gasteiger partial charge in [0.25, 0.3) is 0 Å². The van der Waals surface area contributed by atoms with Crippen molar-refractivity contribution in [2.75, 3.05) is 5.32 Å². The van der Waals surface area contributed by atoms with Gasteiger partial charge < -0.3 is 5.32 Å². The summed E-state index contributed by atoms with van der Waals surface area (Å²) in [7, 11) is 0. The van der Waals surface area contributed by atoms with Gasteiger partial charge in [-0.15, -0.1) is 0 Å². The van der Waals surface area contributed by atoms with Gasteiger partial charge in [-0.1, -0.05) is 26.0 Å². The number of aryl methyl sites for hydroxylation is 1. The highest BCUT2D eigenvalue weighted by molar-refractivity contribution is 5.62. The molecule has 1 fully saturated rings. The first-order chi connectivity index (χ1) is 8.52. The number of benzene rings is 1. The van der Waals surface area contributed by atoms with Crippen molar-refractivity contribution >= 4 is 5.69 Å². The van der Waals surface area contributed by atoms with E-state index in [-0.39, 0.29) is 0 Å². The van der Waals surface area contributed by atoms with Crippen LogP contribution in [-0.4, -0.2) is 6.04 Å². The van der Waals surface area contributed by atoms with E-state index in [1.54, 1.807) is 0 Å². The third-order valence-corrected chi connectivity index (χ3v) is 4.08. The lowest BCUT2D eigenvalue weighted by atomic mass is 9.75. The highest BCUT2D eigenvalue weighted by atomic mass is 14.9. The highest BCUT2D eigenvalue weighted by Crippen LogP contribution is 2.36. The topological polar surface area (TPSA) is 35.8 Å². The molecule has 0 spiro atoms. The Bertz CT molecular complexity index is 458. The molecule has 0 heterocycles. The molecule has 0 amide bonds. The number of nitriles is 1. The molecule has 1 N–H and O–H groups in total. The quantitative estimate of drug-likeness (QED) is 0.841. The van der Waals surface area contributed by atoms with Crippen LogP contribution < -0.4 is 5.32 Å². The van der Waals surface area contributed by atoms with E-state index in [0.29, 0.717) is 11.5 Å². The Morgan fingerprint density at radius 2 is 1.94 bits per heavy atom. The molecule has 96 valence electrons. The van der Waals surface area contributed by atoms with E-state index in [1.807, 2.05) is 12.1 Å². The van der Waals surface area contributed by atoms with Crippen LogP contribution >= 0.6 is 0 Å². The summed E-state index contributed by atoms with van der Waals surface area (Å²) in [6.07, 6.45) is 4.93. The van der Waals surface area contributed by atoms with E-state index in [9.17, 15) is 0 Å². The summed E-state index contributed by atoms with van der Waals surface area (Å²) < 4.78 is 0. The predicted molar refractivity (Wildman–Crippen MR) is 75.6 cm³/mol. The van der Waals surface area contributed by atoms with E-state index in [1.165, 1.54) is 31.2 Å². The fraction of sp³-hybridized carbons (Fsp3) is 0.562. The second kappa shape index (κ2) is 5.02. The Morgan fingerprint density at radius 3 is 2.56 bits per heavy atom. The Balaban J connectivity index is 2.09. The van der Waals surface area contributed by atoms with Crippen molar-refractivity contribution in [1.82, 2.24) is 0 Å². The molecule has 1 aromatic carbocycles. The van der Waals surface area contributed by atoms with Gasteiger partial charge in [-0.05, 0) is 49.7 Å². The number of hydrogen-bond acceptors (Lipinski definition) is 2. The van der Waals surface area contributed by atoms with Gasteiger partial charge in [0.15, 0.2) is 0 Å². The van der Waals surface area contributed by atoms with E-state index >= 15 is 0 Å². The van der Waals surface area contributed by atoms with Gasteiger partial charge in [0.1, 0.15) is 6.07 Å². The van der Waals surface area contributed by atoms with Gasteiger partial charge in [0.05, 0.1) is 11.3 Å². The zero-order valence-electron chi connectivity index (χ0n) is 11.6. The maximum Gasteiger partial charge on any atom is 0.101 e. The summed E-state index contributed by atoms with van der Waals surface area (Å²) in [5.74, 6) is 0. The second-order valence-electron chi connectivity index (χ2n) is 6.19. The van der Waals surface area contributed by atoms with Crippen molar-refractivity contribution in [2.45, 2.75) is 52.5 Å². The van der Waals surface area contributed by atoms with Crippen LogP contribution in [0.4, 0.5) is 5.69 Å².